The topological polar surface area (TPSA) is 75.6 Å². The Balaban J connectivity index is 1.65. The highest BCUT2D eigenvalue weighted by Crippen LogP contribution is 2.19. The lowest BCUT2D eigenvalue weighted by Crippen LogP contribution is -2.12. The maximum Gasteiger partial charge on any atom is 0.224 e. The van der Waals surface area contributed by atoms with E-state index in [4.69, 9.17) is 23.8 Å². The maximum atomic E-state index is 12.2. The van der Waals surface area contributed by atoms with E-state index in [-0.39, 0.29) is 5.91 Å². The fraction of sp³-hybridized carbons (Fsp3) is 0.176. The zero-order chi connectivity index (χ0) is 17.8. The number of carbonyl (C=O) groups is 1. The minimum Gasteiger partial charge on any atom is -0.325 e. The van der Waals surface area contributed by atoms with Gasteiger partial charge in [0.2, 0.25) is 5.91 Å². The van der Waals surface area contributed by atoms with Gasteiger partial charge in [-0.05, 0) is 42.4 Å². The predicted molar refractivity (Wildman–Crippen MR) is 100 cm³/mol. The fourth-order valence-electron chi connectivity index (χ4n) is 2.37. The minimum atomic E-state index is -0.0794. The molecule has 0 saturated heterocycles. The summed E-state index contributed by atoms with van der Waals surface area (Å²) in [5.74, 6) is 0.582. The Labute approximate surface area is 154 Å². The molecule has 25 heavy (non-hydrogen) atoms. The van der Waals surface area contributed by atoms with Crippen LogP contribution < -0.4 is 5.32 Å². The van der Waals surface area contributed by atoms with Crippen molar-refractivity contribution >= 4 is 35.4 Å². The fourth-order valence-corrected chi connectivity index (χ4v) is 2.63. The summed E-state index contributed by atoms with van der Waals surface area (Å²) in [6, 6.07) is 9.29. The Morgan fingerprint density at radius 2 is 2.08 bits per heavy atom. The molecule has 2 heterocycles. The molecule has 2 N–H and O–H groups in total. The molecule has 0 unspecified atom stereocenters. The third-order valence-electron chi connectivity index (χ3n) is 3.71. The van der Waals surface area contributed by atoms with Crippen molar-refractivity contribution in [1.29, 1.82) is 0 Å². The van der Waals surface area contributed by atoms with Crippen molar-refractivity contribution in [3.8, 4) is 11.4 Å². The molecular formula is C17H16ClN5OS. The Morgan fingerprint density at radius 1 is 1.32 bits per heavy atom. The summed E-state index contributed by atoms with van der Waals surface area (Å²) in [6.07, 6.45) is 4.29. The van der Waals surface area contributed by atoms with Gasteiger partial charge in [0.05, 0.1) is 11.9 Å². The molecule has 0 radical (unpaired) electrons. The molecule has 1 aromatic carbocycles. The van der Waals surface area contributed by atoms with E-state index in [1.54, 1.807) is 17.0 Å². The van der Waals surface area contributed by atoms with Gasteiger partial charge in [-0.3, -0.25) is 14.9 Å². The number of carbonyl (C=O) groups excluding carboxylic acids is 1. The molecule has 0 bridgehead atoms. The van der Waals surface area contributed by atoms with Gasteiger partial charge in [0.15, 0.2) is 10.6 Å². The highest BCUT2D eigenvalue weighted by atomic mass is 35.5. The molecule has 0 aliphatic carbocycles. The van der Waals surface area contributed by atoms with E-state index in [0.29, 0.717) is 34.1 Å². The molecule has 0 fully saturated rings. The van der Waals surface area contributed by atoms with E-state index in [1.165, 1.54) is 0 Å². The van der Waals surface area contributed by atoms with Crippen molar-refractivity contribution in [3.63, 3.8) is 0 Å². The summed E-state index contributed by atoms with van der Waals surface area (Å²) in [5, 5.41) is 10.4. The number of H-pyrrole nitrogens is 1. The van der Waals surface area contributed by atoms with E-state index < -0.39 is 0 Å². The molecule has 3 rings (SSSR count). The van der Waals surface area contributed by atoms with Crippen molar-refractivity contribution in [1.82, 2.24) is 19.7 Å². The second-order valence-electron chi connectivity index (χ2n) is 5.55. The zero-order valence-electron chi connectivity index (χ0n) is 13.5. The lowest BCUT2D eigenvalue weighted by Gasteiger charge is -2.07. The van der Waals surface area contributed by atoms with Gasteiger partial charge < -0.3 is 9.88 Å². The normalized spacial score (nSPS) is 10.6. The second-order valence-corrected chi connectivity index (χ2v) is 6.37. The van der Waals surface area contributed by atoms with Crippen molar-refractivity contribution in [2.24, 2.45) is 7.05 Å². The average molecular weight is 374 g/mol. The van der Waals surface area contributed by atoms with Crippen molar-refractivity contribution in [2.75, 3.05) is 5.32 Å². The van der Waals surface area contributed by atoms with E-state index in [1.807, 2.05) is 37.4 Å². The molecule has 2 aromatic heterocycles. The van der Waals surface area contributed by atoms with Crippen LogP contribution in [-0.2, 0) is 18.3 Å². The first-order valence-corrected chi connectivity index (χ1v) is 8.42. The third kappa shape index (κ3) is 4.32. The van der Waals surface area contributed by atoms with Crippen LogP contribution in [0, 0.1) is 4.77 Å². The van der Waals surface area contributed by atoms with Gasteiger partial charge in [-0.1, -0.05) is 23.7 Å². The van der Waals surface area contributed by atoms with Crippen LogP contribution in [0.2, 0.25) is 5.02 Å². The zero-order valence-corrected chi connectivity index (χ0v) is 15.1. The van der Waals surface area contributed by atoms with Crippen LogP contribution in [0.15, 0.2) is 42.7 Å². The number of pyridine rings is 1. The molecule has 0 spiro atoms. The third-order valence-corrected chi connectivity index (χ3v) is 4.33. The summed E-state index contributed by atoms with van der Waals surface area (Å²) < 4.78 is 2.27. The molecule has 0 aliphatic rings. The SMILES string of the molecule is Cn1c(-c2cncc(NC(=O)CCc3ccc(Cl)cc3)c2)n[nH]c1=S. The number of aromatic nitrogens is 4. The van der Waals surface area contributed by atoms with Crippen LogP contribution in [0.5, 0.6) is 0 Å². The van der Waals surface area contributed by atoms with Crippen molar-refractivity contribution in [3.05, 3.63) is 58.1 Å². The molecule has 128 valence electrons. The van der Waals surface area contributed by atoms with Crippen LogP contribution in [0.25, 0.3) is 11.4 Å². The first kappa shape index (κ1) is 17.3. The summed E-state index contributed by atoms with van der Waals surface area (Å²) in [7, 11) is 1.82. The Morgan fingerprint density at radius 3 is 2.76 bits per heavy atom. The van der Waals surface area contributed by atoms with Crippen LogP contribution in [0.4, 0.5) is 5.69 Å². The summed E-state index contributed by atoms with van der Waals surface area (Å²) in [6.45, 7) is 0. The quantitative estimate of drug-likeness (QED) is 0.667. The number of benzene rings is 1. The highest BCUT2D eigenvalue weighted by Gasteiger charge is 2.09. The Kier molecular flexibility index (Phi) is 5.25. The second kappa shape index (κ2) is 7.58. The molecule has 6 nitrogen and oxygen atoms in total. The van der Waals surface area contributed by atoms with Crippen molar-refractivity contribution in [2.45, 2.75) is 12.8 Å². The smallest absolute Gasteiger partial charge is 0.224 e. The summed E-state index contributed by atoms with van der Waals surface area (Å²) in [5.41, 5.74) is 2.45. The lowest BCUT2D eigenvalue weighted by atomic mass is 10.1. The highest BCUT2D eigenvalue weighted by molar-refractivity contribution is 7.71. The van der Waals surface area contributed by atoms with Crippen LogP contribution in [0.3, 0.4) is 0 Å². The van der Waals surface area contributed by atoms with E-state index in [9.17, 15) is 4.79 Å². The van der Waals surface area contributed by atoms with E-state index in [2.05, 4.69) is 20.5 Å². The van der Waals surface area contributed by atoms with Gasteiger partial charge in [-0.25, -0.2) is 0 Å². The molecule has 0 atom stereocenters. The monoisotopic (exact) mass is 373 g/mol. The number of rotatable bonds is 5. The Hall–Kier alpha value is -2.51. The molecule has 3 aromatic rings. The van der Waals surface area contributed by atoms with Gasteiger partial charge in [-0.2, -0.15) is 5.10 Å². The Bertz CT molecular complexity index is 948. The maximum absolute atomic E-state index is 12.2. The molecule has 0 aliphatic heterocycles. The number of aryl methyl sites for hydroxylation is 1. The number of hydrogen-bond acceptors (Lipinski definition) is 4. The van der Waals surface area contributed by atoms with Gasteiger partial charge in [0, 0.05) is 30.3 Å². The molecule has 0 saturated carbocycles. The van der Waals surface area contributed by atoms with Crippen molar-refractivity contribution < 1.29 is 4.79 Å². The molecule has 8 heteroatoms. The minimum absolute atomic E-state index is 0.0794. The molecule has 1 amide bonds. The number of hydrogen-bond donors (Lipinski definition) is 2. The standard InChI is InChI=1S/C17H16ClN5OS/c1-23-16(21-22-17(23)25)12-8-14(10-19-9-12)20-15(24)7-4-11-2-5-13(18)6-3-11/h2-3,5-6,8-10H,4,7H2,1H3,(H,20,24)(H,22,25). The summed E-state index contributed by atoms with van der Waals surface area (Å²) >= 11 is 11.0. The van der Waals surface area contributed by atoms with Crippen LogP contribution >= 0.6 is 23.8 Å². The number of aromatic amines is 1. The van der Waals surface area contributed by atoms with Crippen LogP contribution in [-0.4, -0.2) is 25.7 Å². The van der Waals surface area contributed by atoms with E-state index >= 15 is 0 Å². The van der Waals surface area contributed by atoms with Gasteiger partial charge in [0.25, 0.3) is 0 Å². The van der Waals surface area contributed by atoms with Gasteiger partial charge in [0.1, 0.15) is 0 Å². The number of amides is 1. The number of nitrogens with one attached hydrogen (secondary N) is 2. The summed E-state index contributed by atoms with van der Waals surface area (Å²) in [4.78, 5) is 16.3. The molecular weight excluding hydrogens is 358 g/mol. The van der Waals surface area contributed by atoms with Crippen LogP contribution in [0.1, 0.15) is 12.0 Å². The number of halogens is 1. The average Bonchev–Trinajstić information content (AvgIpc) is 2.94. The first-order valence-electron chi connectivity index (χ1n) is 7.64. The largest absolute Gasteiger partial charge is 0.325 e. The number of anilines is 1. The lowest BCUT2D eigenvalue weighted by molar-refractivity contribution is -0.116. The van der Waals surface area contributed by atoms with Gasteiger partial charge in [-0.15, -0.1) is 0 Å². The first-order chi connectivity index (χ1) is 12.0. The van der Waals surface area contributed by atoms with E-state index in [0.717, 1.165) is 11.1 Å². The number of nitrogens with zero attached hydrogens (tertiary/aromatic N) is 3. The van der Waals surface area contributed by atoms with Gasteiger partial charge >= 0.3 is 0 Å². The predicted octanol–water partition coefficient (Wildman–Crippen LogP) is 3.76.